The zero-order valence-electron chi connectivity index (χ0n) is 15.2. The van der Waals surface area contributed by atoms with E-state index in [4.69, 9.17) is 0 Å². The van der Waals surface area contributed by atoms with Crippen LogP contribution in [-0.4, -0.2) is 28.8 Å². The number of nitrogens with one attached hydrogen (secondary N) is 1. The van der Waals surface area contributed by atoms with Crippen LogP contribution in [-0.2, 0) is 13.0 Å². The molecule has 0 aliphatic carbocycles. The first kappa shape index (κ1) is 19.5. The number of benzene rings is 2. The van der Waals surface area contributed by atoms with Crippen LogP contribution < -0.4 is 15.6 Å². The Bertz CT molecular complexity index is 1030. The van der Waals surface area contributed by atoms with Gasteiger partial charge in [-0.3, -0.25) is 9.59 Å². The first-order valence-corrected chi connectivity index (χ1v) is 8.81. The van der Waals surface area contributed by atoms with Gasteiger partial charge in [0.1, 0.15) is 5.75 Å². The van der Waals surface area contributed by atoms with Gasteiger partial charge < -0.3 is 10.1 Å². The minimum atomic E-state index is -2.86. The third-order valence-electron chi connectivity index (χ3n) is 4.23. The number of halogens is 2. The number of hydrogen-bond acceptors (Lipinski definition) is 4. The van der Waals surface area contributed by atoms with Crippen LogP contribution in [0.5, 0.6) is 5.75 Å². The molecule has 0 atom stereocenters. The van der Waals surface area contributed by atoms with Gasteiger partial charge in [-0.05, 0) is 37.1 Å². The number of hydrogen-bond donors (Lipinski definition) is 1. The van der Waals surface area contributed by atoms with Crippen LogP contribution in [0.3, 0.4) is 0 Å². The molecule has 0 spiro atoms. The van der Waals surface area contributed by atoms with E-state index >= 15 is 0 Å². The predicted molar refractivity (Wildman–Crippen MR) is 101 cm³/mol. The Balaban J connectivity index is 1.70. The number of rotatable bonds is 7. The summed E-state index contributed by atoms with van der Waals surface area (Å²) in [5.41, 5.74) is 0.816. The summed E-state index contributed by atoms with van der Waals surface area (Å²) >= 11 is 0. The molecule has 1 N–H and O–H groups in total. The van der Waals surface area contributed by atoms with E-state index in [9.17, 15) is 18.4 Å². The molecule has 3 rings (SSSR count). The molecule has 8 heteroatoms. The van der Waals surface area contributed by atoms with Crippen molar-refractivity contribution in [2.75, 3.05) is 6.54 Å². The summed E-state index contributed by atoms with van der Waals surface area (Å²) in [5, 5.41) is 7.92. The lowest BCUT2D eigenvalue weighted by atomic mass is 10.1. The fraction of sp³-hybridized carbons (Fsp3) is 0.250. The van der Waals surface area contributed by atoms with E-state index in [2.05, 4.69) is 15.2 Å². The monoisotopic (exact) mass is 387 g/mol. The summed E-state index contributed by atoms with van der Waals surface area (Å²) in [5.74, 6) is -0.295. The van der Waals surface area contributed by atoms with Crippen molar-refractivity contribution >= 4 is 16.7 Å². The number of carbonyl (C=O) groups is 1. The lowest BCUT2D eigenvalue weighted by molar-refractivity contribution is -0.0498. The smallest absolute Gasteiger partial charge is 0.387 e. The summed E-state index contributed by atoms with van der Waals surface area (Å²) in [4.78, 5) is 25.0. The number of aryl methyl sites for hydroxylation is 1. The zero-order valence-corrected chi connectivity index (χ0v) is 15.2. The van der Waals surface area contributed by atoms with E-state index in [0.29, 0.717) is 30.3 Å². The normalized spacial score (nSPS) is 11.0. The van der Waals surface area contributed by atoms with Crippen molar-refractivity contribution in [3.05, 3.63) is 70.1 Å². The van der Waals surface area contributed by atoms with Crippen molar-refractivity contribution < 1.29 is 18.3 Å². The van der Waals surface area contributed by atoms with E-state index in [1.165, 1.54) is 16.8 Å². The largest absolute Gasteiger partial charge is 0.435 e. The van der Waals surface area contributed by atoms with Crippen molar-refractivity contribution in [1.82, 2.24) is 15.1 Å². The zero-order chi connectivity index (χ0) is 20.1. The van der Waals surface area contributed by atoms with Crippen LogP contribution in [0.2, 0.25) is 0 Å². The van der Waals surface area contributed by atoms with Crippen LogP contribution in [0, 0.1) is 0 Å². The Morgan fingerprint density at radius 3 is 2.46 bits per heavy atom. The van der Waals surface area contributed by atoms with E-state index in [0.717, 1.165) is 5.56 Å². The summed E-state index contributed by atoms with van der Waals surface area (Å²) in [6.45, 7) is -0.392. The summed E-state index contributed by atoms with van der Waals surface area (Å²) < 4.78 is 29.9. The molecule has 0 aliphatic rings. The van der Waals surface area contributed by atoms with E-state index in [1.807, 2.05) is 0 Å². The second kappa shape index (κ2) is 8.60. The number of ether oxygens (including phenoxy) is 1. The maximum atomic E-state index is 12.6. The molecule has 0 fully saturated rings. The van der Waals surface area contributed by atoms with E-state index in [-0.39, 0.29) is 22.9 Å². The standard InChI is InChI=1S/C20H19F2N3O3/c1-2-25-19(27)16-6-4-3-5-15(16)17(24-25)18(26)23-12-11-13-7-9-14(10-8-13)28-20(21)22/h3-10,20H,2,11-12H2,1H3,(H,23,26). The molecule has 0 saturated heterocycles. The number of aromatic nitrogens is 2. The Morgan fingerprint density at radius 1 is 1.14 bits per heavy atom. The van der Waals surface area contributed by atoms with Gasteiger partial charge in [0.05, 0.1) is 5.39 Å². The van der Waals surface area contributed by atoms with Gasteiger partial charge in [0.25, 0.3) is 11.5 Å². The topological polar surface area (TPSA) is 73.2 Å². The number of alkyl halides is 2. The molecule has 2 aromatic carbocycles. The van der Waals surface area contributed by atoms with Gasteiger partial charge in [-0.25, -0.2) is 4.68 Å². The highest BCUT2D eigenvalue weighted by atomic mass is 19.3. The molecule has 1 heterocycles. The van der Waals surface area contributed by atoms with Crippen molar-refractivity contribution in [2.24, 2.45) is 0 Å². The van der Waals surface area contributed by atoms with Crippen molar-refractivity contribution in [2.45, 2.75) is 26.5 Å². The van der Waals surface area contributed by atoms with E-state index in [1.54, 1.807) is 43.3 Å². The van der Waals surface area contributed by atoms with Crippen LogP contribution in [0.15, 0.2) is 53.3 Å². The van der Waals surface area contributed by atoms with Gasteiger partial charge in [0, 0.05) is 18.5 Å². The Kier molecular flexibility index (Phi) is 5.98. The van der Waals surface area contributed by atoms with Crippen LogP contribution in [0.25, 0.3) is 10.8 Å². The third kappa shape index (κ3) is 4.33. The Hall–Kier alpha value is -3.29. The maximum Gasteiger partial charge on any atom is 0.387 e. The predicted octanol–water partition coefficient (Wildman–Crippen LogP) is 2.99. The highest BCUT2D eigenvalue weighted by Gasteiger charge is 2.15. The molecule has 1 aromatic heterocycles. The fourth-order valence-corrected chi connectivity index (χ4v) is 2.86. The summed E-state index contributed by atoms with van der Waals surface area (Å²) in [6, 6.07) is 13.1. The fourth-order valence-electron chi connectivity index (χ4n) is 2.86. The Morgan fingerprint density at radius 2 is 1.82 bits per heavy atom. The minimum absolute atomic E-state index is 0.0836. The molecule has 0 aliphatic heterocycles. The van der Waals surface area contributed by atoms with Gasteiger partial charge in [0.2, 0.25) is 0 Å². The average molecular weight is 387 g/mol. The SMILES string of the molecule is CCn1nc(C(=O)NCCc2ccc(OC(F)F)cc2)c2ccccc2c1=O. The molecule has 6 nitrogen and oxygen atoms in total. The number of carbonyl (C=O) groups excluding carboxylic acids is 1. The molecule has 0 unspecified atom stereocenters. The first-order chi connectivity index (χ1) is 13.5. The van der Waals surface area contributed by atoms with Gasteiger partial charge >= 0.3 is 6.61 Å². The molecule has 146 valence electrons. The van der Waals surface area contributed by atoms with Gasteiger partial charge in [-0.1, -0.05) is 30.3 Å². The summed E-state index contributed by atoms with van der Waals surface area (Å²) in [6.07, 6.45) is 0.506. The molecular formula is C20H19F2N3O3. The number of nitrogens with zero attached hydrogens (tertiary/aromatic N) is 2. The van der Waals surface area contributed by atoms with Gasteiger partial charge in [-0.2, -0.15) is 13.9 Å². The second-order valence-electron chi connectivity index (χ2n) is 6.04. The van der Waals surface area contributed by atoms with Crippen LogP contribution in [0.4, 0.5) is 8.78 Å². The quantitative estimate of drug-likeness (QED) is 0.677. The number of amides is 1. The highest BCUT2D eigenvalue weighted by Crippen LogP contribution is 2.15. The molecular weight excluding hydrogens is 368 g/mol. The second-order valence-corrected chi connectivity index (χ2v) is 6.04. The molecule has 3 aromatic rings. The average Bonchev–Trinajstić information content (AvgIpc) is 2.69. The first-order valence-electron chi connectivity index (χ1n) is 8.81. The van der Waals surface area contributed by atoms with Crippen molar-refractivity contribution in [3.8, 4) is 5.75 Å². The van der Waals surface area contributed by atoms with E-state index < -0.39 is 6.61 Å². The molecule has 28 heavy (non-hydrogen) atoms. The Labute approximate surface area is 159 Å². The maximum absolute atomic E-state index is 12.6. The van der Waals surface area contributed by atoms with Crippen LogP contribution in [0.1, 0.15) is 23.0 Å². The van der Waals surface area contributed by atoms with Gasteiger partial charge in [0.15, 0.2) is 5.69 Å². The molecule has 0 saturated carbocycles. The highest BCUT2D eigenvalue weighted by molar-refractivity contribution is 6.04. The third-order valence-corrected chi connectivity index (χ3v) is 4.23. The molecule has 1 amide bonds. The lowest BCUT2D eigenvalue weighted by Crippen LogP contribution is -2.31. The van der Waals surface area contributed by atoms with Crippen LogP contribution >= 0.6 is 0 Å². The minimum Gasteiger partial charge on any atom is -0.435 e. The van der Waals surface area contributed by atoms with Gasteiger partial charge in [-0.15, -0.1) is 0 Å². The lowest BCUT2D eigenvalue weighted by Gasteiger charge is -2.10. The number of fused-ring (bicyclic) bond motifs is 1. The summed E-state index contributed by atoms with van der Waals surface area (Å²) in [7, 11) is 0. The van der Waals surface area contributed by atoms with Crippen molar-refractivity contribution in [3.63, 3.8) is 0 Å². The molecule has 0 bridgehead atoms. The van der Waals surface area contributed by atoms with Crippen molar-refractivity contribution in [1.29, 1.82) is 0 Å². The molecule has 0 radical (unpaired) electrons.